The number of likely N-dealkylation sites (tertiary alicyclic amines) is 1. The number of allylic oxidation sites excluding steroid dienone is 1. The van der Waals surface area contributed by atoms with Crippen LogP contribution in [0.2, 0.25) is 0 Å². The van der Waals surface area contributed by atoms with E-state index in [9.17, 15) is 4.79 Å². The van der Waals surface area contributed by atoms with Crippen LogP contribution in [0.15, 0.2) is 36.5 Å². The number of aromatic nitrogens is 1. The van der Waals surface area contributed by atoms with E-state index >= 15 is 0 Å². The van der Waals surface area contributed by atoms with Gasteiger partial charge in [0.2, 0.25) is 0 Å². The molecule has 0 spiro atoms. The Bertz CT molecular complexity index is 574. The molecule has 1 aliphatic carbocycles. The average Bonchev–Trinajstić information content (AvgIpc) is 2.90. The smallest absolute Gasteiger partial charge is 0.317 e. The highest BCUT2D eigenvalue weighted by atomic mass is 16.2. The van der Waals surface area contributed by atoms with Crippen LogP contribution in [0, 0.1) is 0 Å². The Hall–Kier alpha value is -1.88. The van der Waals surface area contributed by atoms with Crippen molar-refractivity contribution < 1.29 is 4.79 Å². The number of hydrogen-bond acceptors (Lipinski definition) is 3. The molecule has 0 unspecified atom stereocenters. The summed E-state index contributed by atoms with van der Waals surface area (Å²) in [4.78, 5) is 21.3. The Morgan fingerprint density at radius 1 is 1.28 bits per heavy atom. The molecule has 1 aliphatic heterocycles. The van der Waals surface area contributed by atoms with Crippen molar-refractivity contribution in [1.29, 1.82) is 0 Å². The predicted octanol–water partition coefficient (Wildman–Crippen LogP) is 3.19. The van der Waals surface area contributed by atoms with Crippen LogP contribution in [0.25, 0.3) is 0 Å². The second-order valence-electron chi connectivity index (χ2n) is 7.22. The van der Waals surface area contributed by atoms with Gasteiger partial charge >= 0.3 is 6.03 Å². The van der Waals surface area contributed by atoms with E-state index < -0.39 is 0 Å². The first-order valence-electron chi connectivity index (χ1n) is 9.54. The topological polar surface area (TPSA) is 48.5 Å². The van der Waals surface area contributed by atoms with E-state index in [1.807, 2.05) is 23.2 Å². The molecule has 25 heavy (non-hydrogen) atoms. The van der Waals surface area contributed by atoms with Crippen LogP contribution >= 0.6 is 0 Å². The SMILES string of the molecule is CN(Cc1ccccn1)[C@@H]1CCCN(C(=O)N[C@@H]2C=CCCC2)CC1. The van der Waals surface area contributed by atoms with Gasteiger partial charge in [-0.05, 0) is 57.7 Å². The molecule has 2 aliphatic rings. The standard InChI is InChI=1S/C20H30N4O/c1-23(16-18-10-5-6-13-21-18)19-11-7-14-24(15-12-19)20(25)22-17-8-3-2-4-9-17/h3,5-6,8,10,13,17,19H,2,4,7,9,11-12,14-16H2,1H3,(H,22,25)/t17-,19-/m1/s1. The van der Waals surface area contributed by atoms with Gasteiger partial charge in [-0.25, -0.2) is 4.79 Å². The molecule has 5 nitrogen and oxygen atoms in total. The summed E-state index contributed by atoms with van der Waals surface area (Å²) in [5.74, 6) is 0. The molecule has 0 saturated carbocycles. The predicted molar refractivity (Wildman–Crippen MR) is 100 cm³/mol. The Kier molecular flexibility index (Phi) is 6.45. The summed E-state index contributed by atoms with van der Waals surface area (Å²) in [6, 6.07) is 6.89. The molecule has 1 saturated heterocycles. The molecule has 136 valence electrons. The minimum Gasteiger partial charge on any atom is -0.332 e. The van der Waals surface area contributed by atoms with Crippen molar-refractivity contribution in [2.75, 3.05) is 20.1 Å². The van der Waals surface area contributed by atoms with Gasteiger partial charge in [0.15, 0.2) is 0 Å². The van der Waals surface area contributed by atoms with Crippen molar-refractivity contribution in [3.8, 4) is 0 Å². The van der Waals surface area contributed by atoms with Gasteiger partial charge < -0.3 is 10.2 Å². The first-order chi connectivity index (χ1) is 12.2. The Morgan fingerprint density at radius 3 is 2.96 bits per heavy atom. The number of urea groups is 1. The fourth-order valence-electron chi connectivity index (χ4n) is 3.78. The summed E-state index contributed by atoms with van der Waals surface area (Å²) in [7, 11) is 2.17. The maximum absolute atomic E-state index is 12.5. The molecule has 2 heterocycles. The van der Waals surface area contributed by atoms with Crippen molar-refractivity contribution in [3.05, 3.63) is 42.2 Å². The van der Waals surface area contributed by atoms with Crippen LogP contribution in [-0.4, -0.2) is 53.0 Å². The van der Waals surface area contributed by atoms with E-state index in [-0.39, 0.29) is 12.1 Å². The molecular formula is C20H30N4O. The van der Waals surface area contributed by atoms with Gasteiger partial charge in [-0.15, -0.1) is 0 Å². The molecule has 0 radical (unpaired) electrons. The van der Waals surface area contributed by atoms with Gasteiger partial charge in [-0.3, -0.25) is 9.88 Å². The number of rotatable bonds is 4. The molecule has 1 N–H and O–H groups in total. The van der Waals surface area contributed by atoms with E-state index in [0.717, 1.165) is 57.4 Å². The normalized spacial score (nSPS) is 24.2. The van der Waals surface area contributed by atoms with Gasteiger partial charge in [-0.1, -0.05) is 18.2 Å². The number of carbonyl (C=O) groups is 1. The first kappa shape index (κ1) is 17.9. The first-order valence-corrected chi connectivity index (χ1v) is 9.54. The number of nitrogens with zero attached hydrogens (tertiary/aromatic N) is 3. The highest BCUT2D eigenvalue weighted by molar-refractivity contribution is 5.74. The van der Waals surface area contributed by atoms with E-state index in [2.05, 4.69) is 40.5 Å². The zero-order valence-corrected chi connectivity index (χ0v) is 15.2. The summed E-state index contributed by atoms with van der Waals surface area (Å²) >= 11 is 0. The summed E-state index contributed by atoms with van der Waals surface area (Å²) in [6.45, 7) is 2.56. The molecule has 0 bridgehead atoms. The van der Waals surface area contributed by atoms with Gasteiger partial charge in [0.25, 0.3) is 0 Å². The second-order valence-corrected chi connectivity index (χ2v) is 7.22. The van der Waals surface area contributed by atoms with Gasteiger partial charge in [-0.2, -0.15) is 0 Å². The summed E-state index contributed by atoms with van der Waals surface area (Å²) in [5, 5.41) is 3.18. The van der Waals surface area contributed by atoms with Gasteiger partial charge in [0.1, 0.15) is 0 Å². The Balaban J connectivity index is 1.48. The van der Waals surface area contributed by atoms with Crippen LogP contribution in [-0.2, 0) is 6.54 Å². The Labute approximate surface area is 151 Å². The molecule has 0 aromatic carbocycles. The maximum atomic E-state index is 12.5. The molecule has 5 heteroatoms. The number of carbonyl (C=O) groups excluding carboxylic acids is 1. The van der Waals surface area contributed by atoms with Crippen molar-refractivity contribution in [2.45, 2.75) is 57.2 Å². The molecule has 1 aromatic rings. The minimum atomic E-state index is 0.101. The van der Waals surface area contributed by atoms with Crippen LogP contribution in [0.4, 0.5) is 4.79 Å². The number of nitrogens with one attached hydrogen (secondary N) is 1. The van der Waals surface area contributed by atoms with Crippen LogP contribution < -0.4 is 5.32 Å². The van der Waals surface area contributed by atoms with Crippen LogP contribution in [0.3, 0.4) is 0 Å². The highest BCUT2D eigenvalue weighted by Crippen LogP contribution is 2.18. The van der Waals surface area contributed by atoms with E-state index in [1.165, 1.54) is 6.42 Å². The highest BCUT2D eigenvalue weighted by Gasteiger charge is 2.24. The van der Waals surface area contributed by atoms with Crippen LogP contribution in [0.1, 0.15) is 44.2 Å². The monoisotopic (exact) mass is 342 g/mol. The average molecular weight is 342 g/mol. The number of pyridine rings is 1. The summed E-state index contributed by atoms with van der Waals surface area (Å²) < 4.78 is 0. The molecule has 1 aromatic heterocycles. The largest absolute Gasteiger partial charge is 0.332 e. The van der Waals surface area contributed by atoms with Crippen molar-refractivity contribution in [1.82, 2.24) is 20.1 Å². The van der Waals surface area contributed by atoms with Crippen molar-refractivity contribution >= 4 is 6.03 Å². The molecule has 2 atom stereocenters. The summed E-state index contributed by atoms with van der Waals surface area (Å²) in [5.41, 5.74) is 1.10. The number of amides is 2. The fraction of sp³-hybridized carbons (Fsp3) is 0.600. The lowest BCUT2D eigenvalue weighted by molar-refractivity contribution is 0.189. The Morgan fingerprint density at radius 2 is 2.20 bits per heavy atom. The third-order valence-corrected chi connectivity index (χ3v) is 5.31. The fourth-order valence-corrected chi connectivity index (χ4v) is 3.78. The zero-order chi connectivity index (χ0) is 17.5. The lowest BCUT2D eigenvalue weighted by atomic mass is 10.0. The molecule has 3 rings (SSSR count). The lowest BCUT2D eigenvalue weighted by Crippen LogP contribution is -2.45. The lowest BCUT2D eigenvalue weighted by Gasteiger charge is -2.27. The number of hydrogen-bond donors (Lipinski definition) is 1. The van der Waals surface area contributed by atoms with Gasteiger partial charge in [0, 0.05) is 37.9 Å². The van der Waals surface area contributed by atoms with E-state index in [4.69, 9.17) is 0 Å². The molecule has 1 fully saturated rings. The third-order valence-electron chi connectivity index (χ3n) is 5.31. The van der Waals surface area contributed by atoms with Gasteiger partial charge in [0.05, 0.1) is 5.69 Å². The second kappa shape index (κ2) is 8.99. The quantitative estimate of drug-likeness (QED) is 0.855. The maximum Gasteiger partial charge on any atom is 0.317 e. The molecule has 2 amide bonds. The van der Waals surface area contributed by atoms with Crippen LogP contribution in [0.5, 0.6) is 0 Å². The minimum absolute atomic E-state index is 0.101. The van der Waals surface area contributed by atoms with E-state index in [0.29, 0.717) is 6.04 Å². The van der Waals surface area contributed by atoms with Crippen molar-refractivity contribution in [2.24, 2.45) is 0 Å². The van der Waals surface area contributed by atoms with E-state index in [1.54, 1.807) is 0 Å². The van der Waals surface area contributed by atoms with Crippen molar-refractivity contribution in [3.63, 3.8) is 0 Å². The molecular weight excluding hydrogens is 312 g/mol. The summed E-state index contributed by atoms with van der Waals surface area (Å²) in [6.07, 6.45) is 12.8. The third kappa shape index (κ3) is 5.30. The zero-order valence-electron chi connectivity index (χ0n) is 15.2.